The van der Waals surface area contributed by atoms with E-state index in [2.05, 4.69) is 9.69 Å². The molecular formula is C11H19N3O3S2. The van der Waals surface area contributed by atoms with Crippen LogP contribution >= 0.6 is 11.5 Å². The van der Waals surface area contributed by atoms with E-state index in [0.717, 1.165) is 30.8 Å². The van der Waals surface area contributed by atoms with Gasteiger partial charge in [0.15, 0.2) is 15.7 Å². The van der Waals surface area contributed by atoms with E-state index < -0.39 is 9.84 Å². The average molecular weight is 305 g/mol. The van der Waals surface area contributed by atoms with Crippen LogP contribution in [0.5, 0.6) is 0 Å². The molecule has 0 amide bonds. The number of methoxy groups -OCH3 is 1. The molecule has 1 saturated carbocycles. The highest BCUT2D eigenvalue weighted by Gasteiger charge is 2.31. The molecule has 0 saturated heterocycles. The third-order valence-electron chi connectivity index (χ3n) is 3.44. The third-order valence-corrected chi connectivity index (χ3v) is 6.15. The number of aromatic nitrogens is 1. The van der Waals surface area contributed by atoms with Crippen molar-refractivity contribution in [3.8, 4) is 0 Å². The molecular weight excluding hydrogens is 286 g/mol. The molecule has 1 aliphatic carbocycles. The lowest BCUT2D eigenvalue weighted by molar-refractivity contribution is 0.101. The molecule has 108 valence electrons. The van der Waals surface area contributed by atoms with Gasteiger partial charge in [0.25, 0.3) is 0 Å². The van der Waals surface area contributed by atoms with E-state index in [-0.39, 0.29) is 28.6 Å². The van der Waals surface area contributed by atoms with Gasteiger partial charge in [-0.2, -0.15) is 4.37 Å². The number of nitrogens with zero attached hydrogens (tertiary/aromatic N) is 1. The zero-order valence-electron chi connectivity index (χ0n) is 11.0. The Balaban J connectivity index is 2.27. The van der Waals surface area contributed by atoms with Gasteiger partial charge in [0, 0.05) is 7.11 Å². The SMILES string of the molecule is CCS(=O)(=O)c1c(N)nsc1NC1CCCC1OC. The minimum Gasteiger partial charge on any atom is -0.382 e. The van der Waals surface area contributed by atoms with Crippen molar-refractivity contribution in [1.29, 1.82) is 0 Å². The molecule has 0 radical (unpaired) electrons. The van der Waals surface area contributed by atoms with Crippen LogP contribution in [-0.4, -0.2) is 37.8 Å². The maximum atomic E-state index is 12.0. The first-order chi connectivity index (χ1) is 8.99. The summed E-state index contributed by atoms with van der Waals surface area (Å²) in [7, 11) is -1.69. The van der Waals surface area contributed by atoms with Gasteiger partial charge in [-0.3, -0.25) is 0 Å². The fourth-order valence-corrected chi connectivity index (χ4v) is 4.59. The Labute approximate surface area is 117 Å². The maximum Gasteiger partial charge on any atom is 0.184 e. The number of sulfone groups is 1. The van der Waals surface area contributed by atoms with Crippen LogP contribution < -0.4 is 11.1 Å². The zero-order valence-corrected chi connectivity index (χ0v) is 12.7. The van der Waals surface area contributed by atoms with Crippen molar-refractivity contribution in [2.45, 2.75) is 43.2 Å². The highest BCUT2D eigenvalue weighted by Crippen LogP contribution is 2.35. The lowest BCUT2D eigenvalue weighted by atomic mass is 10.2. The molecule has 2 unspecified atom stereocenters. The minimum atomic E-state index is -3.36. The standard InChI is InChI=1S/C11H19N3O3S2/c1-3-19(15,16)9-10(12)14-18-11(9)13-7-5-4-6-8(7)17-2/h7-8,13H,3-6H2,1-2H3,(H2,12,14). The van der Waals surface area contributed by atoms with Gasteiger partial charge in [-0.05, 0) is 30.8 Å². The molecule has 6 nitrogen and oxygen atoms in total. The van der Waals surface area contributed by atoms with Gasteiger partial charge >= 0.3 is 0 Å². The van der Waals surface area contributed by atoms with Crippen LogP contribution in [0.25, 0.3) is 0 Å². The molecule has 1 heterocycles. The lowest BCUT2D eigenvalue weighted by Crippen LogP contribution is -2.30. The lowest BCUT2D eigenvalue weighted by Gasteiger charge is -2.20. The number of nitrogen functional groups attached to an aromatic ring is 1. The number of hydrogen-bond acceptors (Lipinski definition) is 7. The van der Waals surface area contributed by atoms with Gasteiger partial charge in [-0.1, -0.05) is 6.92 Å². The van der Waals surface area contributed by atoms with E-state index in [1.807, 2.05) is 0 Å². The third kappa shape index (κ3) is 2.85. The Morgan fingerprint density at radius 1 is 1.53 bits per heavy atom. The van der Waals surface area contributed by atoms with E-state index in [9.17, 15) is 8.42 Å². The van der Waals surface area contributed by atoms with Crippen molar-refractivity contribution in [2.75, 3.05) is 23.9 Å². The molecule has 8 heteroatoms. The van der Waals surface area contributed by atoms with Crippen LogP contribution in [0.2, 0.25) is 0 Å². The first-order valence-electron chi connectivity index (χ1n) is 6.26. The van der Waals surface area contributed by atoms with Gasteiger partial charge in [-0.25, -0.2) is 8.42 Å². The second-order valence-electron chi connectivity index (χ2n) is 4.59. The second-order valence-corrected chi connectivity index (χ2v) is 7.57. The molecule has 1 fully saturated rings. The molecule has 1 aliphatic rings. The van der Waals surface area contributed by atoms with Crippen LogP contribution in [0.15, 0.2) is 4.90 Å². The van der Waals surface area contributed by atoms with E-state index >= 15 is 0 Å². The molecule has 1 aromatic heterocycles. The predicted molar refractivity (Wildman–Crippen MR) is 76.3 cm³/mol. The highest BCUT2D eigenvalue weighted by molar-refractivity contribution is 7.91. The number of rotatable bonds is 5. The van der Waals surface area contributed by atoms with Gasteiger partial charge in [-0.15, -0.1) is 0 Å². The number of nitrogens with one attached hydrogen (secondary N) is 1. The Kier molecular flexibility index (Phi) is 4.32. The van der Waals surface area contributed by atoms with Crippen molar-refractivity contribution in [3.63, 3.8) is 0 Å². The summed E-state index contributed by atoms with van der Waals surface area (Å²) in [5, 5.41) is 3.78. The van der Waals surface area contributed by atoms with Crippen LogP contribution in [0, 0.1) is 0 Å². The summed E-state index contributed by atoms with van der Waals surface area (Å²) in [6.45, 7) is 1.60. The summed E-state index contributed by atoms with van der Waals surface area (Å²) in [6.07, 6.45) is 3.13. The number of anilines is 2. The van der Waals surface area contributed by atoms with Gasteiger partial charge in [0.1, 0.15) is 9.90 Å². The number of nitrogens with two attached hydrogens (primary N) is 1. The highest BCUT2D eigenvalue weighted by atomic mass is 32.2. The second kappa shape index (κ2) is 5.64. The van der Waals surface area contributed by atoms with E-state index in [1.165, 1.54) is 0 Å². The van der Waals surface area contributed by atoms with Crippen molar-refractivity contribution >= 4 is 32.2 Å². The summed E-state index contributed by atoms with van der Waals surface area (Å²) in [5.41, 5.74) is 5.69. The van der Waals surface area contributed by atoms with E-state index in [4.69, 9.17) is 10.5 Å². The van der Waals surface area contributed by atoms with Crippen molar-refractivity contribution in [3.05, 3.63) is 0 Å². The summed E-state index contributed by atoms with van der Waals surface area (Å²) in [4.78, 5) is 0.141. The van der Waals surface area contributed by atoms with E-state index in [0.29, 0.717) is 5.00 Å². The normalized spacial score (nSPS) is 23.7. The van der Waals surface area contributed by atoms with Crippen molar-refractivity contribution in [2.24, 2.45) is 0 Å². The monoisotopic (exact) mass is 305 g/mol. The molecule has 0 aliphatic heterocycles. The Morgan fingerprint density at radius 2 is 2.26 bits per heavy atom. The van der Waals surface area contributed by atoms with Crippen LogP contribution in [0.3, 0.4) is 0 Å². The minimum absolute atomic E-state index is 0.0165. The first-order valence-corrected chi connectivity index (χ1v) is 8.69. The summed E-state index contributed by atoms with van der Waals surface area (Å²) in [5.74, 6) is 0.101. The fraction of sp³-hybridized carbons (Fsp3) is 0.727. The van der Waals surface area contributed by atoms with E-state index in [1.54, 1.807) is 14.0 Å². The van der Waals surface area contributed by atoms with Crippen LogP contribution in [0.4, 0.5) is 10.8 Å². The topological polar surface area (TPSA) is 94.3 Å². The average Bonchev–Trinajstić information content (AvgIpc) is 2.97. The molecule has 2 rings (SSSR count). The predicted octanol–water partition coefficient (Wildman–Crippen LogP) is 1.50. The maximum absolute atomic E-state index is 12.0. The van der Waals surface area contributed by atoms with Gasteiger partial charge in [0.05, 0.1) is 17.9 Å². The molecule has 0 aromatic carbocycles. The molecule has 3 N–H and O–H groups in total. The van der Waals surface area contributed by atoms with Crippen LogP contribution in [0.1, 0.15) is 26.2 Å². The Morgan fingerprint density at radius 3 is 2.89 bits per heavy atom. The molecule has 0 spiro atoms. The summed E-state index contributed by atoms with van der Waals surface area (Å²) < 4.78 is 33.4. The molecule has 19 heavy (non-hydrogen) atoms. The smallest absolute Gasteiger partial charge is 0.184 e. The number of ether oxygens (including phenoxy) is 1. The largest absolute Gasteiger partial charge is 0.382 e. The van der Waals surface area contributed by atoms with Crippen LogP contribution in [-0.2, 0) is 14.6 Å². The summed E-state index contributed by atoms with van der Waals surface area (Å²) in [6, 6.07) is 0.121. The number of hydrogen-bond donors (Lipinski definition) is 2. The fourth-order valence-electron chi connectivity index (χ4n) is 2.37. The Hall–Kier alpha value is -0.860. The first kappa shape index (κ1) is 14.5. The molecule has 1 aromatic rings. The zero-order chi connectivity index (χ0) is 14.0. The quantitative estimate of drug-likeness (QED) is 0.856. The summed E-state index contributed by atoms with van der Waals surface area (Å²) >= 11 is 1.10. The van der Waals surface area contributed by atoms with Gasteiger partial charge in [0.2, 0.25) is 0 Å². The molecule has 0 bridgehead atoms. The Bertz CT molecular complexity index is 541. The molecule has 2 atom stereocenters. The van der Waals surface area contributed by atoms with Gasteiger partial charge < -0.3 is 15.8 Å². The van der Waals surface area contributed by atoms with Crippen molar-refractivity contribution < 1.29 is 13.2 Å². The van der Waals surface area contributed by atoms with Crippen molar-refractivity contribution in [1.82, 2.24) is 4.37 Å².